The summed E-state index contributed by atoms with van der Waals surface area (Å²) in [5.74, 6) is 2.80. The fraction of sp³-hybridized carbons (Fsp3) is 0.941. The van der Waals surface area contributed by atoms with Crippen molar-refractivity contribution in [3.63, 3.8) is 0 Å². The number of rotatable bonds is 1. The zero-order chi connectivity index (χ0) is 13.9. The first-order valence-electron chi connectivity index (χ1n) is 8.67. The molecule has 0 unspecified atom stereocenters. The van der Waals surface area contributed by atoms with Crippen molar-refractivity contribution in [1.82, 2.24) is 4.90 Å². The maximum Gasteiger partial charge on any atom is 0.309 e. The first-order valence-corrected chi connectivity index (χ1v) is 8.67. The Hall–Kier alpha value is -0.570. The van der Waals surface area contributed by atoms with Crippen molar-refractivity contribution in [3.05, 3.63) is 0 Å². The minimum Gasteiger partial charge on any atom is -0.462 e. The van der Waals surface area contributed by atoms with E-state index >= 15 is 0 Å². The van der Waals surface area contributed by atoms with Crippen LogP contribution >= 0.6 is 0 Å². The van der Waals surface area contributed by atoms with E-state index in [0.717, 1.165) is 12.0 Å². The number of carbonyl (C=O) groups is 1. The summed E-state index contributed by atoms with van der Waals surface area (Å²) in [6.07, 6.45) is 6.77. The van der Waals surface area contributed by atoms with E-state index in [9.17, 15) is 4.79 Å². The number of carbonyl (C=O) groups excluding carboxylic acids is 1. The maximum atomic E-state index is 12.1. The third-order valence-electron chi connectivity index (χ3n) is 6.80. The molecule has 0 bridgehead atoms. The Kier molecular flexibility index (Phi) is 3.10. The van der Waals surface area contributed by atoms with Crippen LogP contribution in [-0.4, -0.2) is 36.1 Å². The zero-order valence-corrected chi connectivity index (χ0v) is 12.8. The summed E-state index contributed by atoms with van der Waals surface area (Å²) in [7, 11) is 0. The molecule has 0 spiro atoms. The predicted molar refractivity (Wildman–Crippen MR) is 77.1 cm³/mol. The van der Waals surface area contributed by atoms with Crippen LogP contribution in [-0.2, 0) is 9.53 Å². The van der Waals surface area contributed by atoms with Gasteiger partial charge in [-0.25, -0.2) is 0 Å². The first kappa shape index (κ1) is 13.1. The van der Waals surface area contributed by atoms with Crippen LogP contribution in [0, 0.1) is 29.6 Å². The number of ether oxygens (including phenoxy) is 1. The van der Waals surface area contributed by atoms with Gasteiger partial charge in [-0.15, -0.1) is 0 Å². The molecule has 4 aliphatic rings. The Bertz CT molecular complexity index is 410. The second kappa shape index (κ2) is 4.72. The average molecular weight is 277 g/mol. The minimum atomic E-state index is 0.0772. The number of fused-ring (bicyclic) bond motifs is 2. The van der Waals surface area contributed by atoms with Crippen molar-refractivity contribution in [3.8, 4) is 0 Å². The van der Waals surface area contributed by atoms with Gasteiger partial charge in [0, 0.05) is 17.9 Å². The summed E-state index contributed by atoms with van der Waals surface area (Å²) in [4.78, 5) is 14.9. The average Bonchev–Trinajstić information content (AvgIpc) is 2.89. The summed E-state index contributed by atoms with van der Waals surface area (Å²) in [6.45, 7) is 6.95. The SMILES string of the molecule is CC[C@@H]1[C@H]2CCCCN3CC[C@H]([C@H]4[C@@H]1OC(=O)[C@H]4C)[C@@H]23. The van der Waals surface area contributed by atoms with Crippen LogP contribution in [0.3, 0.4) is 0 Å². The summed E-state index contributed by atoms with van der Waals surface area (Å²) in [6, 6.07) is 0.751. The Morgan fingerprint density at radius 1 is 1.20 bits per heavy atom. The van der Waals surface area contributed by atoms with Crippen molar-refractivity contribution in [1.29, 1.82) is 0 Å². The largest absolute Gasteiger partial charge is 0.462 e. The molecule has 3 nitrogen and oxygen atoms in total. The molecule has 3 heteroatoms. The van der Waals surface area contributed by atoms with Crippen LogP contribution in [0.5, 0.6) is 0 Å². The summed E-state index contributed by atoms with van der Waals surface area (Å²) < 4.78 is 5.86. The van der Waals surface area contributed by atoms with Gasteiger partial charge in [-0.05, 0) is 50.6 Å². The minimum absolute atomic E-state index is 0.0772. The van der Waals surface area contributed by atoms with E-state index in [1.807, 2.05) is 0 Å². The van der Waals surface area contributed by atoms with Crippen molar-refractivity contribution < 1.29 is 9.53 Å². The molecular weight excluding hydrogens is 250 g/mol. The summed E-state index contributed by atoms with van der Waals surface area (Å²) in [5, 5.41) is 0. The molecule has 0 amide bonds. The topological polar surface area (TPSA) is 29.5 Å². The Balaban J connectivity index is 1.74. The van der Waals surface area contributed by atoms with Gasteiger partial charge in [-0.2, -0.15) is 0 Å². The Morgan fingerprint density at radius 2 is 2.05 bits per heavy atom. The highest BCUT2D eigenvalue weighted by Gasteiger charge is 2.60. The van der Waals surface area contributed by atoms with Gasteiger partial charge in [-0.3, -0.25) is 9.69 Å². The molecular formula is C17H27NO2. The molecule has 20 heavy (non-hydrogen) atoms. The lowest BCUT2D eigenvalue weighted by Crippen LogP contribution is -2.53. The van der Waals surface area contributed by atoms with E-state index in [1.54, 1.807) is 0 Å². The number of esters is 1. The van der Waals surface area contributed by atoms with Gasteiger partial charge in [-0.1, -0.05) is 20.3 Å². The van der Waals surface area contributed by atoms with Crippen molar-refractivity contribution in [2.75, 3.05) is 13.1 Å². The third kappa shape index (κ3) is 1.65. The molecule has 3 saturated heterocycles. The smallest absolute Gasteiger partial charge is 0.309 e. The molecule has 112 valence electrons. The van der Waals surface area contributed by atoms with Gasteiger partial charge in [0.1, 0.15) is 6.10 Å². The molecule has 4 fully saturated rings. The van der Waals surface area contributed by atoms with Gasteiger partial charge in [0.2, 0.25) is 0 Å². The molecule has 3 aliphatic heterocycles. The maximum absolute atomic E-state index is 12.1. The fourth-order valence-electron chi connectivity index (χ4n) is 6.04. The zero-order valence-electron chi connectivity index (χ0n) is 12.8. The lowest BCUT2D eigenvalue weighted by atomic mass is 9.60. The molecule has 0 radical (unpaired) electrons. The van der Waals surface area contributed by atoms with Crippen molar-refractivity contribution in [2.45, 2.75) is 58.1 Å². The highest BCUT2D eigenvalue weighted by Crippen LogP contribution is 2.55. The first-order chi connectivity index (χ1) is 9.72. The van der Waals surface area contributed by atoms with Gasteiger partial charge in [0.15, 0.2) is 0 Å². The second-order valence-corrected chi connectivity index (χ2v) is 7.48. The number of hydrogen-bond donors (Lipinski definition) is 0. The number of nitrogens with zero attached hydrogens (tertiary/aromatic N) is 1. The highest BCUT2D eigenvalue weighted by molar-refractivity contribution is 5.75. The monoisotopic (exact) mass is 277 g/mol. The van der Waals surface area contributed by atoms with E-state index in [-0.39, 0.29) is 18.0 Å². The Morgan fingerprint density at radius 3 is 2.85 bits per heavy atom. The fourth-order valence-corrected chi connectivity index (χ4v) is 6.04. The van der Waals surface area contributed by atoms with Crippen LogP contribution in [0.1, 0.15) is 46.0 Å². The molecule has 7 atom stereocenters. The molecule has 4 rings (SSSR count). The van der Waals surface area contributed by atoms with Crippen LogP contribution in [0.2, 0.25) is 0 Å². The van der Waals surface area contributed by atoms with Gasteiger partial charge >= 0.3 is 5.97 Å². The lowest BCUT2D eigenvalue weighted by Gasteiger charge is -2.48. The van der Waals surface area contributed by atoms with E-state index < -0.39 is 0 Å². The van der Waals surface area contributed by atoms with Crippen LogP contribution in [0.4, 0.5) is 0 Å². The molecule has 1 aliphatic carbocycles. The van der Waals surface area contributed by atoms with E-state index in [0.29, 0.717) is 17.8 Å². The molecule has 0 aromatic heterocycles. The van der Waals surface area contributed by atoms with E-state index in [1.165, 1.54) is 45.2 Å². The van der Waals surface area contributed by atoms with Crippen molar-refractivity contribution >= 4 is 5.97 Å². The highest BCUT2D eigenvalue weighted by atomic mass is 16.6. The van der Waals surface area contributed by atoms with Crippen LogP contribution in [0.25, 0.3) is 0 Å². The van der Waals surface area contributed by atoms with E-state index in [4.69, 9.17) is 4.74 Å². The summed E-state index contributed by atoms with van der Waals surface area (Å²) in [5.41, 5.74) is 0. The molecule has 0 aromatic carbocycles. The van der Waals surface area contributed by atoms with Gasteiger partial charge in [0.25, 0.3) is 0 Å². The molecule has 1 saturated carbocycles. The quantitative estimate of drug-likeness (QED) is 0.690. The standard InChI is InChI=1S/C17H27NO2/c1-3-11-12-6-4-5-8-18-9-7-13(15(12)18)14-10(2)17(19)20-16(11)14/h10-16H,3-9H2,1-2H3/t10-,11+,12+,13+,14-,15+,16+/m0/s1. The van der Waals surface area contributed by atoms with Crippen LogP contribution < -0.4 is 0 Å². The second-order valence-electron chi connectivity index (χ2n) is 7.48. The Labute approximate surface area is 122 Å². The molecule has 3 heterocycles. The van der Waals surface area contributed by atoms with Crippen LogP contribution in [0.15, 0.2) is 0 Å². The van der Waals surface area contributed by atoms with Gasteiger partial charge in [0.05, 0.1) is 5.92 Å². The molecule has 0 N–H and O–H groups in total. The number of hydrogen-bond acceptors (Lipinski definition) is 3. The predicted octanol–water partition coefficient (Wildman–Crippen LogP) is 2.69. The summed E-state index contributed by atoms with van der Waals surface area (Å²) >= 11 is 0. The normalized spacial score (nSPS) is 51.3. The van der Waals surface area contributed by atoms with Crippen molar-refractivity contribution in [2.24, 2.45) is 29.6 Å². The molecule has 0 aromatic rings. The third-order valence-corrected chi connectivity index (χ3v) is 6.80. The van der Waals surface area contributed by atoms with Gasteiger partial charge < -0.3 is 4.74 Å². The lowest BCUT2D eigenvalue weighted by molar-refractivity contribution is -0.148. The van der Waals surface area contributed by atoms with E-state index in [2.05, 4.69) is 18.7 Å².